The minimum absolute atomic E-state index is 0.136. The van der Waals surface area contributed by atoms with Gasteiger partial charge in [-0.1, -0.05) is 40.2 Å². The lowest BCUT2D eigenvalue weighted by Crippen LogP contribution is -2.06. The van der Waals surface area contributed by atoms with Crippen molar-refractivity contribution in [2.75, 3.05) is 0 Å². The van der Waals surface area contributed by atoms with Gasteiger partial charge in [0.25, 0.3) is 0 Å². The number of aryl methyl sites for hydroxylation is 1. The number of benzene rings is 2. The first-order chi connectivity index (χ1) is 10.1. The van der Waals surface area contributed by atoms with E-state index in [1.54, 1.807) is 6.20 Å². The lowest BCUT2D eigenvalue weighted by Gasteiger charge is -2.08. The Balaban J connectivity index is 1.97. The fourth-order valence-corrected chi connectivity index (χ4v) is 2.99. The Morgan fingerprint density at radius 2 is 1.95 bits per heavy atom. The maximum Gasteiger partial charge on any atom is 0.167 e. The predicted octanol–water partition coefficient (Wildman–Crippen LogP) is 4.73. The van der Waals surface area contributed by atoms with Crippen LogP contribution in [0.2, 0.25) is 0 Å². The van der Waals surface area contributed by atoms with Gasteiger partial charge in [-0.05, 0) is 42.3 Å². The number of fused-ring (bicyclic) bond motifs is 1. The Morgan fingerprint density at radius 3 is 2.76 bits per heavy atom. The number of pyridine rings is 1. The number of hydrogen-bond acceptors (Lipinski definition) is 2. The summed E-state index contributed by atoms with van der Waals surface area (Å²) in [6.45, 7) is 1.96. The molecule has 1 aromatic heterocycles. The van der Waals surface area contributed by atoms with Crippen LogP contribution in [0.1, 0.15) is 21.5 Å². The Bertz CT molecular complexity index is 821. The molecule has 2 nitrogen and oxygen atoms in total. The molecular weight excluding hydrogens is 326 g/mol. The highest BCUT2D eigenvalue weighted by molar-refractivity contribution is 9.10. The molecule has 0 atom stereocenters. The van der Waals surface area contributed by atoms with Crippen LogP contribution < -0.4 is 0 Å². The molecule has 104 valence electrons. The number of aromatic nitrogens is 1. The molecule has 0 N–H and O–H groups in total. The van der Waals surface area contributed by atoms with Gasteiger partial charge in [0.15, 0.2) is 5.78 Å². The number of carbonyl (C=O) groups excluding carboxylic acids is 1. The average molecular weight is 340 g/mol. The second-order valence-electron chi connectivity index (χ2n) is 5.05. The van der Waals surface area contributed by atoms with Crippen LogP contribution in [0.25, 0.3) is 10.9 Å². The maximum absolute atomic E-state index is 12.6. The highest BCUT2D eigenvalue weighted by Crippen LogP contribution is 2.21. The zero-order valence-electron chi connectivity index (χ0n) is 11.6. The molecule has 3 aromatic rings. The van der Waals surface area contributed by atoms with Crippen molar-refractivity contribution in [3.63, 3.8) is 0 Å². The van der Waals surface area contributed by atoms with Gasteiger partial charge in [0.05, 0.1) is 5.52 Å². The highest BCUT2D eigenvalue weighted by Gasteiger charge is 2.12. The number of halogens is 1. The van der Waals surface area contributed by atoms with Crippen LogP contribution in [0.4, 0.5) is 0 Å². The van der Waals surface area contributed by atoms with Gasteiger partial charge < -0.3 is 0 Å². The molecule has 0 bridgehead atoms. The van der Waals surface area contributed by atoms with Crippen molar-refractivity contribution in [1.82, 2.24) is 4.98 Å². The van der Waals surface area contributed by atoms with Crippen LogP contribution in [0, 0.1) is 6.92 Å². The van der Waals surface area contributed by atoms with E-state index in [4.69, 9.17) is 0 Å². The second kappa shape index (κ2) is 5.78. The van der Waals surface area contributed by atoms with Gasteiger partial charge in [0.2, 0.25) is 0 Å². The number of rotatable bonds is 3. The van der Waals surface area contributed by atoms with E-state index in [1.165, 1.54) is 0 Å². The molecule has 0 spiro atoms. The van der Waals surface area contributed by atoms with Crippen molar-refractivity contribution >= 4 is 32.6 Å². The summed E-state index contributed by atoms with van der Waals surface area (Å²) in [7, 11) is 0. The van der Waals surface area contributed by atoms with E-state index in [0.29, 0.717) is 6.42 Å². The van der Waals surface area contributed by atoms with E-state index in [-0.39, 0.29) is 5.78 Å². The molecule has 0 fully saturated rings. The first-order valence-electron chi connectivity index (χ1n) is 6.77. The van der Waals surface area contributed by atoms with Crippen LogP contribution in [0.5, 0.6) is 0 Å². The number of para-hydroxylation sites is 1. The van der Waals surface area contributed by atoms with Gasteiger partial charge in [-0.3, -0.25) is 9.78 Å². The van der Waals surface area contributed by atoms with E-state index >= 15 is 0 Å². The SMILES string of the molecule is Cc1cc(Br)ccc1C(=O)Cc1ccnc2ccccc12. The Morgan fingerprint density at radius 1 is 1.14 bits per heavy atom. The van der Waals surface area contributed by atoms with E-state index in [9.17, 15) is 4.79 Å². The largest absolute Gasteiger partial charge is 0.294 e. The Labute approximate surface area is 132 Å². The summed E-state index contributed by atoms with van der Waals surface area (Å²) in [5.41, 5.74) is 3.72. The first-order valence-corrected chi connectivity index (χ1v) is 7.56. The third-order valence-corrected chi connectivity index (χ3v) is 4.07. The van der Waals surface area contributed by atoms with Gasteiger partial charge in [0.1, 0.15) is 0 Å². The molecule has 0 aliphatic heterocycles. The quantitative estimate of drug-likeness (QED) is 0.645. The van der Waals surface area contributed by atoms with E-state index < -0.39 is 0 Å². The molecule has 3 heteroatoms. The first kappa shape index (κ1) is 14.0. The lowest BCUT2D eigenvalue weighted by atomic mass is 9.97. The van der Waals surface area contributed by atoms with Gasteiger partial charge in [-0.25, -0.2) is 0 Å². The molecule has 0 unspecified atom stereocenters. The highest BCUT2D eigenvalue weighted by atomic mass is 79.9. The zero-order chi connectivity index (χ0) is 14.8. The standard InChI is InChI=1S/C18H14BrNO/c1-12-10-14(19)6-7-15(12)18(21)11-13-8-9-20-17-5-3-2-4-16(13)17/h2-10H,11H2,1H3. The molecular formula is C18H14BrNO. The van der Waals surface area contributed by atoms with Crippen molar-refractivity contribution in [3.8, 4) is 0 Å². The molecule has 0 aliphatic carbocycles. The average Bonchev–Trinajstić information content (AvgIpc) is 2.47. The van der Waals surface area contributed by atoms with Crippen LogP contribution in [-0.4, -0.2) is 10.8 Å². The number of carbonyl (C=O) groups is 1. The van der Waals surface area contributed by atoms with Gasteiger partial charge >= 0.3 is 0 Å². The number of hydrogen-bond donors (Lipinski definition) is 0. The van der Waals surface area contributed by atoms with Crippen molar-refractivity contribution in [2.45, 2.75) is 13.3 Å². The third kappa shape index (κ3) is 2.88. The summed E-state index contributed by atoms with van der Waals surface area (Å²) in [5, 5.41) is 1.04. The number of nitrogens with zero attached hydrogens (tertiary/aromatic N) is 1. The smallest absolute Gasteiger partial charge is 0.167 e. The molecule has 0 amide bonds. The molecule has 0 radical (unpaired) electrons. The van der Waals surface area contributed by atoms with Crippen LogP contribution in [0.3, 0.4) is 0 Å². The molecule has 21 heavy (non-hydrogen) atoms. The minimum atomic E-state index is 0.136. The lowest BCUT2D eigenvalue weighted by molar-refractivity contribution is 0.0992. The van der Waals surface area contributed by atoms with E-state index in [2.05, 4.69) is 20.9 Å². The zero-order valence-corrected chi connectivity index (χ0v) is 13.2. The van der Waals surface area contributed by atoms with Crippen molar-refractivity contribution in [1.29, 1.82) is 0 Å². The topological polar surface area (TPSA) is 30.0 Å². The van der Waals surface area contributed by atoms with Gasteiger partial charge in [-0.2, -0.15) is 0 Å². The van der Waals surface area contributed by atoms with Crippen LogP contribution in [-0.2, 0) is 6.42 Å². The Hall–Kier alpha value is -2.00. The van der Waals surface area contributed by atoms with Gasteiger partial charge in [-0.15, -0.1) is 0 Å². The predicted molar refractivity (Wildman–Crippen MR) is 88.7 cm³/mol. The second-order valence-corrected chi connectivity index (χ2v) is 5.96. The molecule has 2 aromatic carbocycles. The van der Waals surface area contributed by atoms with Crippen molar-refractivity contribution < 1.29 is 4.79 Å². The summed E-state index contributed by atoms with van der Waals surface area (Å²) in [4.78, 5) is 16.9. The molecule has 0 saturated heterocycles. The minimum Gasteiger partial charge on any atom is -0.294 e. The maximum atomic E-state index is 12.6. The summed E-state index contributed by atoms with van der Waals surface area (Å²) in [5.74, 6) is 0.136. The molecule has 0 aliphatic rings. The molecule has 1 heterocycles. The summed E-state index contributed by atoms with van der Waals surface area (Å²) < 4.78 is 0.992. The fraction of sp³-hybridized carbons (Fsp3) is 0.111. The molecule has 0 saturated carbocycles. The van der Waals surface area contributed by atoms with Crippen LogP contribution >= 0.6 is 15.9 Å². The summed E-state index contributed by atoms with van der Waals surface area (Å²) in [6.07, 6.45) is 2.16. The van der Waals surface area contributed by atoms with Crippen molar-refractivity contribution in [2.24, 2.45) is 0 Å². The fourth-order valence-electron chi connectivity index (χ4n) is 2.52. The number of Topliss-reactive ketones (excluding diaryl/α,β-unsaturated/α-hetero) is 1. The Kier molecular flexibility index (Phi) is 3.84. The van der Waals surface area contributed by atoms with Crippen molar-refractivity contribution in [3.05, 3.63) is 75.9 Å². The summed E-state index contributed by atoms with van der Waals surface area (Å²) in [6, 6.07) is 15.6. The van der Waals surface area contributed by atoms with E-state index in [1.807, 2.05) is 55.5 Å². The van der Waals surface area contributed by atoms with Gasteiger partial charge in [0, 0.05) is 28.0 Å². The normalized spacial score (nSPS) is 10.8. The van der Waals surface area contributed by atoms with Crippen LogP contribution in [0.15, 0.2) is 59.2 Å². The number of ketones is 1. The van der Waals surface area contributed by atoms with E-state index in [0.717, 1.165) is 32.1 Å². The third-order valence-electron chi connectivity index (χ3n) is 3.58. The molecule has 3 rings (SSSR count). The summed E-state index contributed by atoms with van der Waals surface area (Å²) >= 11 is 3.43. The monoisotopic (exact) mass is 339 g/mol.